The van der Waals surface area contributed by atoms with Gasteiger partial charge in [-0.2, -0.15) is 26.3 Å². The predicted octanol–water partition coefficient (Wildman–Crippen LogP) is 5.45. The van der Waals surface area contributed by atoms with Crippen molar-refractivity contribution in [3.63, 3.8) is 0 Å². The highest BCUT2D eigenvalue weighted by Crippen LogP contribution is 2.50. The van der Waals surface area contributed by atoms with Gasteiger partial charge in [-0.3, -0.25) is 9.36 Å². The standard InChI is InChI=1S/C26H19F7N2O4/c1-38-20-12-18-19(13-21(20)39-2)34-22(11-14-4-3-5-16(27)10-14)35(23(18)36)17-8-6-15(7-9-17)24(37,25(28,29)30)26(31,32)33/h3-10,12-13,37H,11H2,1-2H3. The van der Waals surface area contributed by atoms with Crippen LogP contribution in [0, 0.1) is 5.82 Å². The van der Waals surface area contributed by atoms with E-state index in [1.54, 1.807) is 6.07 Å². The Morgan fingerprint density at radius 1 is 0.872 bits per heavy atom. The highest BCUT2D eigenvalue weighted by Gasteiger charge is 2.71. The molecule has 3 aromatic carbocycles. The fourth-order valence-electron chi connectivity index (χ4n) is 4.11. The molecule has 0 saturated heterocycles. The largest absolute Gasteiger partial charge is 0.493 e. The fourth-order valence-corrected chi connectivity index (χ4v) is 4.11. The SMILES string of the molecule is COc1cc2nc(Cc3cccc(F)c3)n(-c3ccc(C(O)(C(F)(F)F)C(F)(F)F)cc3)c(=O)c2cc1OC. The van der Waals surface area contributed by atoms with Crippen molar-refractivity contribution in [2.75, 3.05) is 14.2 Å². The van der Waals surface area contributed by atoms with Crippen LogP contribution in [0.4, 0.5) is 30.7 Å². The van der Waals surface area contributed by atoms with Gasteiger partial charge in [0.2, 0.25) is 0 Å². The van der Waals surface area contributed by atoms with Crippen LogP contribution in [-0.2, 0) is 12.0 Å². The minimum atomic E-state index is -6.08. The van der Waals surface area contributed by atoms with E-state index in [4.69, 9.17) is 9.47 Å². The summed E-state index contributed by atoms with van der Waals surface area (Å²) in [7, 11) is 2.69. The molecule has 4 rings (SSSR count). The zero-order valence-corrected chi connectivity index (χ0v) is 20.2. The Morgan fingerprint density at radius 3 is 2.00 bits per heavy atom. The molecule has 0 aliphatic heterocycles. The van der Waals surface area contributed by atoms with Crippen molar-refractivity contribution in [3.05, 3.63) is 93.8 Å². The van der Waals surface area contributed by atoms with Gasteiger partial charge < -0.3 is 14.6 Å². The van der Waals surface area contributed by atoms with Crippen LogP contribution < -0.4 is 15.0 Å². The van der Waals surface area contributed by atoms with E-state index in [0.29, 0.717) is 17.7 Å². The Bertz CT molecular complexity index is 1570. The molecule has 0 unspecified atom stereocenters. The molecule has 6 nitrogen and oxygen atoms in total. The summed E-state index contributed by atoms with van der Waals surface area (Å²) in [6, 6.07) is 10.6. The average molecular weight is 556 g/mol. The van der Waals surface area contributed by atoms with Crippen LogP contribution in [0.2, 0.25) is 0 Å². The second-order valence-corrected chi connectivity index (χ2v) is 8.45. The van der Waals surface area contributed by atoms with Crippen LogP contribution >= 0.6 is 0 Å². The van der Waals surface area contributed by atoms with Crippen molar-refractivity contribution in [2.24, 2.45) is 0 Å². The molecular formula is C26H19F7N2O4. The van der Waals surface area contributed by atoms with Crippen molar-refractivity contribution in [3.8, 4) is 17.2 Å². The number of alkyl halides is 6. The molecule has 39 heavy (non-hydrogen) atoms. The summed E-state index contributed by atoms with van der Waals surface area (Å²) in [5.74, 6) is -0.158. The third-order valence-corrected chi connectivity index (χ3v) is 6.06. The Balaban J connectivity index is 1.96. The van der Waals surface area contributed by atoms with Gasteiger partial charge in [-0.1, -0.05) is 24.3 Å². The number of nitrogens with zero attached hydrogens (tertiary/aromatic N) is 2. The van der Waals surface area contributed by atoms with E-state index in [2.05, 4.69) is 4.98 Å². The summed E-state index contributed by atoms with van der Waals surface area (Å²) in [6.45, 7) is 0. The first-order valence-corrected chi connectivity index (χ1v) is 11.1. The second-order valence-electron chi connectivity index (χ2n) is 8.45. The Hall–Kier alpha value is -4.13. The molecule has 0 spiro atoms. The molecule has 0 amide bonds. The quantitative estimate of drug-likeness (QED) is 0.320. The van der Waals surface area contributed by atoms with E-state index in [9.17, 15) is 40.6 Å². The molecule has 0 saturated carbocycles. The van der Waals surface area contributed by atoms with Gasteiger partial charge in [0.25, 0.3) is 11.2 Å². The van der Waals surface area contributed by atoms with Gasteiger partial charge in [0.1, 0.15) is 11.6 Å². The van der Waals surface area contributed by atoms with E-state index in [1.807, 2.05) is 0 Å². The molecule has 13 heteroatoms. The van der Waals surface area contributed by atoms with Crippen LogP contribution in [-0.4, -0.2) is 41.2 Å². The van der Waals surface area contributed by atoms with Crippen LogP contribution in [0.1, 0.15) is 17.0 Å². The van der Waals surface area contributed by atoms with Gasteiger partial charge in [0.15, 0.2) is 11.5 Å². The van der Waals surface area contributed by atoms with Crippen molar-refractivity contribution in [1.29, 1.82) is 0 Å². The number of hydrogen-bond donors (Lipinski definition) is 1. The van der Waals surface area contributed by atoms with Gasteiger partial charge in [-0.05, 0) is 35.9 Å². The number of aromatic nitrogens is 2. The lowest BCUT2D eigenvalue weighted by Crippen LogP contribution is -2.53. The van der Waals surface area contributed by atoms with E-state index in [0.717, 1.165) is 16.7 Å². The van der Waals surface area contributed by atoms with E-state index in [1.165, 1.54) is 44.6 Å². The minimum Gasteiger partial charge on any atom is -0.493 e. The zero-order valence-electron chi connectivity index (χ0n) is 20.2. The van der Waals surface area contributed by atoms with Crippen molar-refractivity contribution in [1.82, 2.24) is 9.55 Å². The number of hydrogen-bond acceptors (Lipinski definition) is 5. The monoisotopic (exact) mass is 556 g/mol. The average Bonchev–Trinajstić information content (AvgIpc) is 2.86. The van der Waals surface area contributed by atoms with Gasteiger partial charge in [0.05, 0.1) is 30.8 Å². The number of aliphatic hydroxyl groups is 1. The van der Waals surface area contributed by atoms with E-state index < -0.39 is 34.9 Å². The third kappa shape index (κ3) is 4.89. The summed E-state index contributed by atoms with van der Waals surface area (Å²) in [5.41, 5.74) is -6.98. The molecule has 0 atom stereocenters. The van der Waals surface area contributed by atoms with Crippen LogP contribution in [0.15, 0.2) is 65.5 Å². The number of ether oxygens (including phenoxy) is 2. The van der Waals surface area contributed by atoms with Gasteiger partial charge in [-0.25, -0.2) is 9.37 Å². The number of fused-ring (bicyclic) bond motifs is 1. The molecule has 0 fully saturated rings. The molecule has 0 bridgehead atoms. The first kappa shape index (κ1) is 27.9. The molecule has 206 valence electrons. The Morgan fingerprint density at radius 2 is 1.46 bits per heavy atom. The summed E-state index contributed by atoms with van der Waals surface area (Å²) < 4.78 is 105. The summed E-state index contributed by atoms with van der Waals surface area (Å²) in [6.07, 6.45) is -12.3. The maximum atomic E-state index is 13.8. The minimum absolute atomic E-state index is 0.0000237. The lowest BCUT2D eigenvalue weighted by atomic mass is 9.92. The molecular weight excluding hydrogens is 537 g/mol. The van der Waals surface area contributed by atoms with Gasteiger partial charge in [-0.15, -0.1) is 0 Å². The normalized spacial score (nSPS) is 12.6. The van der Waals surface area contributed by atoms with Crippen LogP contribution in [0.5, 0.6) is 11.5 Å². The number of halogens is 7. The number of rotatable bonds is 6. The first-order chi connectivity index (χ1) is 18.2. The molecule has 1 aromatic heterocycles. The smallest absolute Gasteiger partial charge is 0.430 e. The lowest BCUT2D eigenvalue weighted by Gasteiger charge is -2.32. The van der Waals surface area contributed by atoms with Crippen molar-refractivity contribution in [2.45, 2.75) is 24.4 Å². The molecule has 0 aliphatic rings. The second kappa shape index (κ2) is 9.88. The molecule has 1 N–H and O–H groups in total. The lowest BCUT2D eigenvalue weighted by molar-refractivity contribution is -0.376. The highest BCUT2D eigenvalue weighted by atomic mass is 19.4. The highest BCUT2D eigenvalue weighted by molar-refractivity contribution is 5.82. The molecule has 0 radical (unpaired) electrons. The first-order valence-electron chi connectivity index (χ1n) is 11.1. The maximum Gasteiger partial charge on any atom is 0.430 e. The Labute approximate surface area is 215 Å². The van der Waals surface area contributed by atoms with Crippen LogP contribution in [0.25, 0.3) is 16.6 Å². The Kier molecular flexibility index (Phi) is 7.06. The maximum absolute atomic E-state index is 13.8. The van der Waals surface area contributed by atoms with Crippen LogP contribution in [0.3, 0.4) is 0 Å². The molecule has 1 heterocycles. The van der Waals surface area contributed by atoms with Crippen molar-refractivity contribution >= 4 is 10.9 Å². The van der Waals surface area contributed by atoms with Gasteiger partial charge in [0, 0.05) is 18.1 Å². The topological polar surface area (TPSA) is 73.6 Å². The number of methoxy groups -OCH3 is 2. The van der Waals surface area contributed by atoms with Crippen molar-refractivity contribution < 1.29 is 45.3 Å². The predicted molar refractivity (Wildman–Crippen MR) is 126 cm³/mol. The summed E-state index contributed by atoms with van der Waals surface area (Å²) in [4.78, 5) is 18.1. The summed E-state index contributed by atoms with van der Waals surface area (Å²) >= 11 is 0. The molecule has 4 aromatic rings. The zero-order chi connectivity index (χ0) is 28.8. The van der Waals surface area contributed by atoms with E-state index in [-0.39, 0.29) is 40.3 Å². The number of benzene rings is 3. The van der Waals surface area contributed by atoms with Gasteiger partial charge >= 0.3 is 12.4 Å². The molecule has 0 aliphatic carbocycles. The fraction of sp³-hybridized carbons (Fsp3) is 0.231. The summed E-state index contributed by atoms with van der Waals surface area (Å²) in [5, 5.41) is 9.71. The third-order valence-electron chi connectivity index (χ3n) is 6.06. The van der Waals surface area contributed by atoms with E-state index >= 15 is 0 Å².